The Bertz CT molecular complexity index is 641. The predicted molar refractivity (Wildman–Crippen MR) is 86.7 cm³/mol. The Kier molecular flexibility index (Phi) is 3.70. The largest absolute Gasteiger partial charge is 0.466 e. The second-order valence-electron chi connectivity index (χ2n) is 7.01. The molecule has 0 saturated heterocycles. The van der Waals surface area contributed by atoms with Gasteiger partial charge < -0.3 is 9.73 Å². The summed E-state index contributed by atoms with van der Waals surface area (Å²) in [5.74, 6) is 2.17. The fourth-order valence-corrected chi connectivity index (χ4v) is 4.01. The van der Waals surface area contributed by atoms with Crippen LogP contribution in [0.5, 0.6) is 0 Å². The minimum absolute atomic E-state index is 0.261. The maximum atomic E-state index is 5.91. The van der Waals surface area contributed by atoms with Gasteiger partial charge in [-0.15, -0.1) is 11.3 Å². The third kappa shape index (κ3) is 3.06. The van der Waals surface area contributed by atoms with Gasteiger partial charge in [-0.2, -0.15) is 0 Å². The Hall–Kier alpha value is -1.13. The van der Waals surface area contributed by atoms with Crippen molar-refractivity contribution in [3.8, 4) is 0 Å². The average Bonchev–Trinajstić information content (AvgIpc) is 2.93. The summed E-state index contributed by atoms with van der Waals surface area (Å²) >= 11 is 1.71. The Labute approximate surface area is 130 Å². The van der Waals surface area contributed by atoms with Crippen LogP contribution in [0, 0.1) is 19.3 Å². The van der Waals surface area contributed by atoms with E-state index < -0.39 is 0 Å². The molecule has 3 rings (SSSR count). The highest BCUT2D eigenvalue weighted by molar-refractivity contribution is 7.09. The summed E-state index contributed by atoms with van der Waals surface area (Å²) < 4.78 is 5.91. The highest BCUT2D eigenvalue weighted by atomic mass is 32.1. The van der Waals surface area contributed by atoms with Crippen molar-refractivity contribution in [3.63, 3.8) is 0 Å². The van der Waals surface area contributed by atoms with E-state index in [0.29, 0.717) is 6.04 Å². The van der Waals surface area contributed by atoms with E-state index in [2.05, 4.69) is 49.4 Å². The molecule has 0 aromatic carbocycles. The van der Waals surface area contributed by atoms with Gasteiger partial charge in [0, 0.05) is 29.4 Å². The lowest BCUT2D eigenvalue weighted by Crippen LogP contribution is -2.34. The lowest BCUT2D eigenvalue weighted by atomic mass is 9.74. The zero-order valence-corrected chi connectivity index (χ0v) is 14.3. The van der Waals surface area contributed by atoms with Gasteiger partial charge in [0.2, 0.25) is 0 Å². The Morgan fingerprint density at radius 3 is 2.86 bits per heavy atom. The molecule has 1 aliphatic carbocycles. The molecule has 2 heterocycles. The maximum absolute atomic E-state index is 5.91. The van der Waals surface area contributed by atoms with E-state index in [1.165, 1.54) is 5.56 Å². The predicted octanol–water partition coefficient (Wildman–Crippen LogP) is 4.72. The normalized spacial score (nSPS) is 22.0. The fraction of sp³-hybridized carbons (Fsp3) is 0.588. The number of aromatic nitrogens is 1. The number of aryl methyl sites for hydroxylation is 2. The van der Waals surface area contributed by atoms with Crippen LogP contribution in [0.2, 0.25) is 0 Å². The van der Waals surface area contributed by atoms with Crippen molar-refractivity contribution >= 4 is 11.3 Å². The van der Waals surface area contributed by atoms with Crippen LogP contribution in [0.1, 0.15) is 67.1 Å². The average molecular weight is 304 g/mol. The van der Waals surface area contributed by atoms with Gasteiger partial charge in [-0.05, 0) is 38.7 Å². The number of nitrogens with zero attached hydrogens (tertiary/aromatic N) is 1. The zero-order chi connectivity index (χ0) is 15.2. The summed E-state index contributed by atoms with van der Waals surface area (Å²) in [7, 11) is 0. The molecule has 21 heavy (non-hydrogen) atoms. The van der Waals surface area contributed by atoms with E-state index in [1.807, 2.05) is 6.92 Å². The molecule has 0 radical (unpaired) electrons. The second-order valence-corrected chi connectivity index (χ2v) is 8.08. The highest BCUT2D eigenvalue weighted by Crippen LogP contribution is 2.42. The van der Waals surface area contributed by atoms with Gasteiger partial charge in [0.15, 0.2) is 0 Å². The number of fused-ring (bicyclic) bond motifs is 1. The lowest BCUT2D eigenvalue weighted by Gasteiger charge is -2.36. The van der Waals surface area contributed by atoms with E-state index in [0.717, 1.165) is 35.1 Å². The van der Waals surface area contributed by atoms with Crippen molar-refractivity contribution in [1.82, 2.24) is 10.3 Å². The SMILES string of the molecule is Cc1cc2c(o1)CC(C)(C)CC2NC(C)c1csc(C)n1. The van der Waals surface area contributed by atoms with Crippen LogP contribution in [-0.2, 0) is 6.42 Å². The van der Waals surface area contributed by atoms with Gasteiger partial charge in [0.25, 0.3) is 0 Å². The van der Waals surface area contributed by atoms with Gasteiger partial charge >= 0.3 is 0 Å². The molecule has 2 aromatic rings. The molecule has 0 spiro atoms. The topological polar surface area (TPSA) is 38.1 Å². The first-order valence-corrected chi connectivity index (χ1v) is 8.49. The van der Waals surface area contributed by atoms with E-state index in [9.17, 15) is 0 Å². The molecular formula is C17H24N2OS. The maximum Gasteiger partial charge on any atom is 0.109 e. The first-order valence-electron chi connectivity index (χ1n) is 7.61. The van der Waals surface area contributed by atoms with E-state index in [1.54, 1.807) is 11.3 Å². The van der Waals surface area contributed by atoms with Crippen LogP contribution >= 0.6 is 11.3 Å². The van der Waals surface area contributed by atoms with Crippen molar-refractivity contribution in [1.29, 1.82) is 0 Å². The zero-order valence-electron chi connectivity index (χ0n) is 13.5. The molecule has 0 aliphatic heterocycles. The molecule has 1 N–H and O–H groups in total. The van der Waals surface area contributed by atoms with Crippen LogP contribution < -0.4 is 5.32 Å². The standard InChI is InChI=1S/C17H24N2OS/c1-10-6-13-14(7-17(4,5)8-16(13)20-10)18-11(2)15-9-21-12(3)19-15/h6,9,11,14,18H,7-8H2,1-5H3. The molecule has 1 aliphatic rings. The number of thiazole rings is 1. The van der Waals surface area contributed by atoms with Gasteiger partial charge in [0.1, 0.15) is 11.5 Å². The summed E-state index contributed by atoms with van der Waals surface area (Å²) in [4.78, 5) is 4.61. The van der Waals surface area contributed by atoms with Crippen molar-refractivity contribution in [2.45, 2.75) is 59.5 Å². The van der Waals surface area contributed by atoms with Gasteiger partial charge in [0.05, 0.1) is 10.7 Å². The molecule has 0 saturated carbocycles. The summed E-state index contributed by atoms with van der Waals surface area (Å²) in [6.45, 7) is 10.9. The Morgan fingerprint density at radius 2 is 2.19 bits per heavy atom. The summed E-state index contributed by atoms with van der Waals surface area (Å²) in [5, 5.41) is 7.04. The molecule has 2 aromatic heterocycles. The lowest BCUT2D eigenvalue weighted by molar-refractivity contribution is 0.226. The molecule has 0 fully saturated rings. The minimum atomic E-state index is 0.261. The fourth-order valence-electron chi connectivity index (χ4n) is 3.30. The quantitative estimate of drug-likeness (QED) is 0.892. The van der Waals surface area contributed by atoms with Crippen molar-refractivity contribution in [2.24, 2.45) is 5.41 Å². The van der Waals surface area contributed by atoms with Gasteiger partial charge in [-0.1, -0.05) is 13.8 Å². The van der Waals surface area contributed by atoms with Crippen LogP contribution in [-0.4, -0.2) is 4.98 Å². The third-order valence-electron chi connectivity index (χ3n) is 4.27. The minimum Gasteiger partial charge on any atom is -0.466 e. The summed E-state index contributed by atoms with van der Waals surface area (Å²) in [6.07, 6.45) is 2.16. The smallest absolute Gasteiger partial charge is 0.109 e. The van der Waals surface area contributed by atoms with E-state index >= 15 is 0 Å². The molecule has 3 nitrogen and oxygen atoms in total. The Balaban J connectivity index is 1.84. The van der Waals surface area contributed by atoms with Gasteiger partial charge in [-0.25, -0.2) is 4.98 Å². The second kappa shape index (κ2) is 5.25. The summed E-state index contributed by atoms with van der Waals surface area (Å²) in [6, 6.07) is 2.80. The van der Waals surface area contributed by atoms with Gasteiger partial charge in [-0.3, -0.25) is 0 Å². The molecule has 4 heteroatoms. The first-order chi connectivity index (χ1) is 9.84. The van der Waals surface area contributed by atoms with E-state index in [-0.39, 0.29) is 11.5 Å². The number of hydrogen-bond donors (Lipinski definition) is 1. The molecule has 2 unspecified atom stereocenters. The molecular weight excluding hydrogens is 280 g/mol. The monoisotopic (exact) mass is 304 g/mol. The number of rotatable bonds is 3. The number of furan rings is 1. The molecule has 2 atom stereocenters. The van der Waals surface area contributed by atoms with Crippen molar-refractivity contribution in [3.05, 3.63) is 39.2 Å². The third-order valence-corrected chi connectivity index (χ3v) is 5.06. The molecule has 0 bridgehead atoms. The van der Waals surface area contributed by atoms with Crippen LogP contribution in [0.25, 0.3) is 0 Å². The highest BCUT2D eigenvalue weighted by Gasteiger charge is 2.35. The van der Waals surface area contributed by atoms with Crippen LogP contribution in [0.4, 0.5) is 0 Å². The van der Waals surface area contributed by atoms with Crippen LogP contribution in [0.15, 0.2) is 15.9 Å². The summed E-state index contributed by atoms with van der Waals surface area (Å²) in [5.41, 5.74) is 2.75. The number of hydrogen-bond acceptors (Lipinski definition) is 4. The Morgan fingerprint density at radius 1 is 1.43 bits per heavy atom. The van der Waals surface area contributed by atoms with Crippen molar-refractivity contribution in [2.75, 3.05) is 0 Å². The van der Waals surface area contributed by atoms with Crippen molar-refractivity contribution < 1.29 is 4.42 Å². The first kappa shape index (κ1) is 14.8. The number of nitrogens with one attached hydrogen (secondary N) is 1. The molecule has 114 valence electrons. The van der Waals surface area contributed by atoms with E-state index in [4.69, 9.17) is 4.42 Å². The molecule has 0 amide bonds. The van der Waals surface area contributed by atoms with Crippen LogP contribution in [0.3, 0.4) is 0 Å².